The standard InChI is InChI=1S/C13H17NO4/c1-8-6-7-18-12(8)11-9(13(16)17)4-3-5-10(15)14(11)2/h6-7,9,11H,3-5H2,1-2H3,(H,16,17). The van der Waals surface area contributed by atoms with Crippen molar-refractivity contribution in [1.82, 2.24) is 4.90 Å². The number of carboxylic acids is 1. The van der Waals surface area contributed by atoms with E-state index in [2.05, 4.69) is 0 Å². The van der Waals surface area contributed by atoms with Crippen LogP contribution in [0.2, 0.25) is 0 Å². The van der Waals surface area contributed by atoms with Gasteiger partial charge in [-0.2, -0.15) is 0 Å². The van der Waals surface area contributed by atoms with Crippen molar-refractivity contribution in [2.24, 2.45) is 5.92 Å². The molecule has 2 heterocycles. The van der Waals surface area contributed by atoms with Gasteiger partial charge in [0.15, 0.2) is 0 Å². The summed E-state index contributed by atoms with van der Waals surface area (Å²) < 4.78 is 5.40. The molecule has 18 heavy (non-hydrogen) atoms. The van der Waals surface area contributed by atoms with E-state index in [4.69, 9.17) is 4.42 Å². The lowest BCUT2D eigenvalue weighted by molar-refractivity contribution is -0.145. The molecule has 98 valence electrons. The predicted molar refractivity (Wildman–Crippen MR) is 63.9 cm³/mol. The van der Waals surface area contributed by atoms with Crippen LogP contribution in [0.1, 0.15) is 36.6 Å². The molecule has 0 aromatic carbocycles. The van der Waals surface area contributed by atoms with Crippen molar-refractivity contribution in [2.75, 3.05) is 7.05 Å². The number of hydrogen-bond acceptors (Lipinski definition) is 3. The Morgan fingerprint density at radius 2 is 2.28 bits per heavy atom. The number of carbonyl (C=O) groups is 2. The Kier molecular flexibility index (Phi) is 3.41. The van der Waals surface area contributed by atoms with Crippen LogP contribution in [0.4, 0.5) is 0 Å². The third-order valence-corrected chi connectivity index (χ3v) is 3.59. The van der Waals surface area contributed by atoms with E-state index < -0.39 is 17.9 Å². The van der Waals surface area contributed by atoms with Crippen LogP contribution in [-0.2, 0) is 9.59 Å². The molecule has 0 radical (unpaired) electrons. The molecule has 0 spiro atoms. The molecule has 2 atom stereocenters. The van der Waals surface area contributed by atoms with E-state index in [1.54, 1.807) is 13.1 Å². The first kappa shape index (κ1) is 12.7. The quantitative estimate of drug-likeness (QED) is 0.872. The smallest absolute Gasteiger partial charge is 0.309 e. The van der Waals surface area contributed by atoms with E-state index in [1.165, 1.54) is 11.2 Å². The summed E-state index contributed by atoms with van der Waals surface area (Å²) >= 11 is 0. The topological polar surface area (TPSA) is 70.7 Å². The van der Waals surface area contributed by atoms with E-state index in [9.17, 15) is 14.7 Å². The SMILES string of the molecule is Cc1ccoc1C1C(C(=O)O)CCCC(=O)N1C. The summed E-state index contributed by atoms with van der Waals surface area (Å²) in [5, 5.41) is 9.35. The van der Waals surface area contributed by atoms with Crippen molar-refractivity contribution < 1.29 is 19.1 Å². The summed E-state index contributed by atoms with van der Waals surface area (Å²) in [5.74, 6) is -0.927. The first-order valence-electron chi connectivity index (χ1n) is 6.05. The maximum atomic E-state index is 11.9. The summed E-state index contributed by atoms with van der Waals surface area (Å²) in [6.45, 7) is 1.86. The normalized spacial score (nSPS) is 25.0. The van der Waals surface area contributed by atoms with Crippen molar-refractivity contribution in [3.05, 3.63) is 23.7 Å². The average Bonchev–Trinajstić information content (AvgIpc) is 2.66. The summed E-state index contributed by atoms with van der Waals surface area (Å²) in [7, 11) is 1.65. The van der Waals surface area contributed by atoms with Gasteiger partial charge in [0.1, 0.15) is 11.8 Å². The molecule has 5 heteroatoms. The summed E-state index contributed by atoms with van der Waals surface area (Å²) in [5.41, 5.74) is 0.882. The number of hydrogen-bond donors (Lipinski definition) is 1. The molecule has 1 saturated heterocycles. The van der Waals surface area contributed by atoms with E-state index >= 15 is 0 Å². The van der Waals surface area contributed by atoms with Gasteiger partial charge in [-0.05, 0) is 31.4 Å². The van der Waals surface area contributed by atoms with Crippen molar-refractivity contribution in [3.8, 4) is 0 Å². The number of nitrogens with zero attached hydrogens (tertiary/aromatic N) is 1. The molecule has 1 aromatic heterocycles. The highest BCUT2D eigenvalue weighted by atomic mass is 16.4. The van der Waals surface area contributed by atoms with Crippen LogP contribution in [0.15, 0.2) is 16.7 Å². The van der Waals surface area contributed by atoms with Crippen LogP contribution in [0.25, 0.3) is 0 Å². The molecule has 0 aliphatic carbocycles. The van der Waals surface area contributed by atoms with Crippen LogP contribution in [0, 0.1) is 12.8 Å². The van der Waals surface area contributed by atoms with Gasteiger partial charge >= 0.3 is 5.97 Å². The first-order valence-corrected chi connectivity index (χ1v) is 6.05. The fourth-order valence-corrected chi connectivity index (χ4v) is 2.54. The molecule has 1 N–H and O–H groups in total. The molecular formula is C13H17NO4. The third kappa shape index (κ3) is 2.12. The molecule has 1 aliphatic heterocycles. The Labute approximate surface area is 105 Å². The molecule has 2 rings (SSSR count). The lowest BCUT2D eigenvalue weighted by Gasteiger charge is -2.29. The maximum Gasteiger partial charge on any atom is 0.309 e. The fraction of sp³-hybridized carbons (Fsp3) is 0.538. The van der Waals surface area contributed by atoms with E-state index in [0.717, 1.165) is 5.56 Å². The zero-order valence-electron chi connectivity index (χ0n) is 10.5. The molecule has 1 aromatic rings. The van der Waals surface area contributed by atoms with Crippen LogP contribution < -0.4 is 0 Å². The number of carboxylic acid groups (broad SMARTS) is 1. The Bertz CT molecular complexity index is 465. The second-order valence-corrected chi connectivity index (χ2v) is 4.75. The second kappa shape index (κ2) is 4.84. The van der Waals surface area contributed by atoms with Gasteiger partial charge in [0, 0.05) is 13.5 Å². The molecule has 5 nitrogen and oxygen atoms in total. The van der Waals surface area contributed by atoms with Crippen LogP contribution >= 0.6 is 0 Å². The number of carbonyl (C=O) groups excluding carboxylic acids is 1. The number of likely N-dealkylation sites (tertiary alicyclic amines) is 1. The lowest BCUT2D eigenvalue weighted by Crippen LogP contribution is -2.36. The van der Waals surface area contributed by atoms with Gasteiger partial charge in [0.05, 0.1) is 12.2 Å². The number of aryl methyl sites for hydroxylation is 1. The molecule has 1 amide bonds. The largest absolute Gasteiger partial charge is 0.481 e. The fourth-order valence-electron chi connectivity index (χ4n) is 2.54. The molecular weight excluding hydrogens is 234 g/mol. The van der Waals surface area contributed by atoms with Gasteiger partial charge < -0.3 is 14.4 Å². The van der Waals surface area contributed by atoms with Gasteiger partial charge in [0.25, 0.3) is 0 Å². The Hall–Kier alpha value is -1.78. The van der Waals surface area contributed by atoms with Crippen molar-refractivity contribution in [2.45, 2.75) is 32.2 Å². The number of furan rings is 1. The average molecular weight is 251 g/mol. The predicted octanol–water partition coefficient (Wildman–Crippen LogP) is 1.97. The molecule has 2 unspecified atom stereocenters. The van der Waals surface area contributed by atoms with Gasteiger partial charge in [-0.15, -0.1) is 0 Å². The Morgan fingerprint density at radius 3 is 2.83 bits per heavy atom. The first-order chi connectivity index (χ1) is 8.52. The Morgan fingerprint density at radius 1 is 1.56 bits per heavy atom. The van der Waals surface area contributed by atoms with Crippen molar-refractivity contribution in [3.63, 3.8) is 0 Å². The minimum absolute atomic E-state index is 0.0282. The van der Waals surface area contributed by atoms with Crippen molar-refractivity contribution >= 4 is 11.9 Å². The lowest BCUT2D eigenvalue weighted by atomic mass is 9.92. The highest BCUT2D eigenvalue weighted by Crippen LogP contribution is 2.36. The monoisotopic (exact) mass is 251 g/mol. The zero-order chi connectivity index (χ0) is 13.3. The summed E-state index contributed by atoms with van der Waals surface area (Å²) in [6.07, 6.45) is 3.04. The third-order valence-electron chi connectivity index (χ3n) is 3.59. The molecule has 1 fully saturated rings. The van der Waals surface area contributed by atoms with Crippen LogP contribution in [-0.4, -0.2) is 28.9 Å². The molecule has 0 bridgehead atoms. The van der Waals surface area contributed by atoms with Gasteiger partial charge in [-0.3, -0.25) is 9.59 Å². The summed E-state index contributed by atoms with van der Waals surface area (Å²) in [6, 6.07) is 1.28. The van der Waals surface area contributed by atoms with E-state index in [1.807, 2.05) is 6.92 Å². The van der Waals surface area contributed by atoms with E-state index in [0.29, 0.717) is 25.0 Å². The molecule has 1 aliphatic rings. The van der Waals surface area contributed by atoms with Gasteiger partial charge in [0.2, 0.25) is 5.91 Å². The number of rotatable bonds is 2. The number of aliphatic carboxylic acids is 1. The molecule has 0 saturated carbocycles. The van der Waals surface area contributed by atoms with E-state index in [-0.39, 0.29) is 5.91 Å². The van der Waals surface area contributed by atoms with Crippen LogP contribution in [0.3, 0.4) is 0 Å². The maximum absolute atomic E-state index is 11.9. The van der Waals surface area contributed by atoms with Gasteiger partial charge in [-0.1, -0.05) is 0 Å². The van der Waals surface area contributed by atoms with Gasteiger partial charge in [-0.25, -0.2) is 0 Å². The van der Waals surface area contributed by atoms with Crippen molar-refractivity contribution in [1.29, 1.82) is 0 Å². The zero-order valence-corrected chi connectivity index (χ0v) is 10.5. The highest BCUT2D eigenvalue weighted by Gasteiger charge is 2.39. The Balaban J connectivity index is 2.44. The van der Waals surface area contributed by atoms with Crippen LogP contribution in [0.5, 0.6) is 0 Å². The minimum Gasteiger partial charge on any atom is -0.481 e. The summed E-state index contributed by atoms with van der Waals surface area (Å²) in [4.78, 5) is 24.8. The highest BCUT2D eigenvalue weighted by molar-refractivity contribution is 5.79. The number of amides is 1. The second-order valence-electron chi connectivity index (χ2n) is 4.75. The minimum atomic E-state index is -0.877.